The third kappa shape index (κ3) is 3.65. The molecule has 9 heteroatoms. The second-order valence-electron chi connectivity index (χ2n) is 6.72. The number of benzene rings is 1. The van der Waals surface area contributed by atoms with Crippen molar-refractivity contribution in [2.75, 3.05) is 5.73 Å². The molecule has 1 amide bonds. The minimum absolute atomic E-state index is 0.200. The predicted octanol–water partition coefficient (Wildman–Crippen LogP) is 2.13. The fraction of sp³-hybridized carbons (Fsp3) is 0.143. The third-order valence-corrected chi connectivity index (χ3v) is 4.65. The van der Waals surface area contributed by atoms with E-state index in [4.69, 9.17) is 16.2 Å². The molecule has 30 heavy (non-hydrogen) atoms. The SMILES string of the molecule is C[C@H](Oc1cc2cc(C(N)=O)ccc2nc1N)c1nc(CO)ccc1-n1cccn1. The number of anilines is 1. The van der Waals surface area contributed by atoms with E-state index in [2.05, 4.69) is 15.1 Å². The van der Waals surface area contributed by atoms with Gasteiger partial charge in [-0.05, 0) is 49.4 Å². The molecule has 0 bridgehead atoms. The largest absolute Gasteiger partial charge is 0.480 e. The summed E-state index contributed by atoms with van der Waals surface area (Å²) in [6.45, 7) is 1.62. The molecule has 3 aromatic heterocycles. The average molecular weight is 404 g/mol. The Morgan fingerprint density at radius 2 is 2.07 bits per heavy atom. The van der Waals surface area contributed by atoms with Crippen molar-refractivity contribution in [2.45, 2.75) is 19.6 Å². The number of nitrogen functional groups attached to an aromatic ring is 1. The second-order valence-corrected chi connectivity index (χ2v) is 6.72. The molecule has 4 aromatic rings. The standard InChI is InChI=1S/C21H20N6O3/c1-12(19-17(27-8-2-7-24-27)6-4-15(11-28)25-19)30-18-10-14-9-13(21(23)29)3-5-16(14)26-20(18)22/h2-10,12,28H,11H2,1H3,(H2,22,26)(H2,23,29)/t12-/m0/s1. The van der Waals surface area contributed by atoms with Gasteiger partial charge < -0.3 is 21.3 Å². The molecule has 1 aromatic carbocycles. The quantitative estimate of drug-likeness (QED) is 0.447. The fourth-order valence-electron chi connectivity index (χ4n) is 3.17. The van der Waals surface area contributed by atoms with Crippen molar-refractivity contribution in [2.24, 2.45) is 5.73 Å². The van der Waals surface area contributed by atoms with Gasteiger partial charge in [0.2, 0.25) is 5.91 Å². The van der Waals surface area contributed by atoms with E-state index in [1.165, 1.54) is 0 Å². The number of aliphatic hydroxyl groups is 1. The maximum atomic E-state index is 11.5. The summed E-state index contributed by atoms with van der Waals surface area (Å²) in [5.41, 5.74) is 14.3. The first-order chi connectivity index (χ1) is 14.5. The zero-order valence-corrected chi connectivity index (χ0v) is 16.2. The van der Waals surface area contributed by atoms with Gasteiger partial charge >= 0.3 is 0 Å². The molecule has 4 rings (SSSR count). The van der Waals surface area contributed by atoms with Crippen LogP contribution in [0.3, 0.4) is 0 Å². The van der Waals surface area contributed by atoms with Crippen LogP contribution >= 0.6 is 0 Å². The number of aromatic nitrogens is 4. The minimum Gasteiger partial charge on any atom is -0.480 e. The number of nitrogens with zero attached hydrogens (tertiary/aromatic N) is 4. The number of nitrogens with two attached hydrogens (primary N) is 2. The van der Waals surface area contributed by atoms with E-state index in [9.17, 15) is 9.90 Å². The first-order valence-electron chi connectivity index (χ1n) is 9.23. The lowest BCUT2D eigenvalue weighted by molar-refractivity contribution is 0.100. The summed E-state index contributed by atoms with van der Waals surface area (Å²) < 4.78 is 7.76. The van der Waals surface area contributed by atoms with Crippen molar-refractivity contribution in [3.05, 3.63) is 71.8 Å². The molecule has 0 radical (unpaired) electrons. The number of carbonyl (C=O) groups excluding carboxylic acids is 1. The molecule has 0 aliphatic rings. The van der Waals surface area contributed by atoms with E-state index in [-0.39, 0.29) is 12.4 Å². The highest BCUT2D eigenvalue weighted by molar-refractivity contribution is 5.97. The first kappa shape index (κ1) is 19.3. The van der Waals surface area contributed by atoms with Gasteiger partial charge in [-0.15, -0.1) is 0 Å². The van der Waals surface area contributed by atoms with Crippen LogP contribution in [0.5, 0.6) is 5.75 Å². The Balaban J connectivity index is 1.73. The molecular formula is C21H20N6O3. The molecule has 152 valence electrons. The van der Waals surface area contributed by atoms with Gasteiger partial charge in [0, 0.05) is 23.3 Å². The zero-order chi connectivity index (χ0) is 21.3. The highest BCUT2D eigenvalue weighted by Crippen LogP contribution is 2.31. The number of ether oxygens (including phenoxy) is 1. The average Bonchev–Trinajstić information content (AvgIpc) is 3.28. The van der Waals surface area contributed by atoms with E-state index >= 15 is 0 Å². The molecule has 0 saturated carbocycles. The summed E-state index contributed by atoms with van der Waals surface area (Å²) in [6, 6.07) is 12.0. The highest BCUT2D eigenvalue weighted by atomic mass is 16.5. The normalized spacial score (nSPS) is 12.1. The van der Waals surface area contributed by atoms with Crippen LogP contribution in [-0.4, -0.2) is 30.8 Å². The van der Waals surface area contributed by atoms with Gasteiger partial charge in [-0.25, -0.2) is 14.6 Å². The van der Waals surface area contributed by atoms with Crippen LogP contribution in [0.15, 0.2) is 54.9 Å². The molecule has 0 fully saturated rings. The van der Waals surface area contributed by atoms with Crippen molar-refractivity contribution in [3.63, 3.8) is 0 Å². The van der Waals surface area contributed by atoms with Crippen LogP contribution in [0, 0.1) is 0 Å². The zero-order valence-electron chi connectivity index (χ0n) is 16.2. The number of pyridine rings is 2. The minimum atomic E-state index is -0.531. The molecule has 0 saturated heterocycles. The van der Waals surface area contributed by atoms with E-state index in [0.29, 0.717) is 39.3 Å². The number of hydrogen-bond donors (Lipinski definition) is 3. The summed E-state index contributed by atoms with van der Waals surface area (Å²) >= 11 is 0. The van der Waals surface area contributed by atoms with Crippen molar-refractivity contribution < 1.29 is 14.6 Å². The molecule has 3 heterocycles. The first-order valence-corrected chi connectivity index (χ1v) is 9.23. The van der Waals surface area contributed by atoms with Gasteiger partial charge in [0.25, 0.3) is 0 Å². The van der Waals surface area contributed by atoms with E-state index in [0.717, 1.165) is 0 Å². The maximum Gasteiger partial charge on any atom is 0.248 e. The Hall–Kier alpha value is -3.98. The van der Waals surface area contributed by atoms with Crippen LogP contribution in [0.1, 0.15) is 34.8 Å². The predicted molar refractivity (Wildman–Crippen MR) is 111 cm³/mol. The summed E-state index contributed by atoms with van der Waals surface area (Å²) in [7, 11) is 0. The summed E-state index contributed by atoms with van der Waals surface area (Å²) in [5, 5.41) is 14.4. The number of amides is 1. The lowest BCUT2D eigenvalue weighted by atomic mass is 10.1. The van der Waals surface area contributed by atoms with Gasteiger partial charge in [0.1, 0.15) is 11.8 Å². The number of rotatable bonds is 6. The maximum absolute atomic E-state index is 11.5. The third-order valence-electron chi connectivity index (χ3n) is 4.65. The Labute approximate surface area is 171 Å². The molecular weight excluding hydrogens is 384 g/mol. The van der Waals surface area contributed by atoms with Gasteiger partial charge in [-0.2, -0.15) is 5.10 Å². The van der Waals surface area contributed by atoms with Crippen LogP contribution < -0.4 is 16.2 Å². The molecule has 9 nitrogen and oxygen atoms in total. The Morgan fingerprint density at radius 1 is 1.23 bits per heavy atom. The lowest BCUT2D eigenvalue weighted by Gasteiger charge is -2.19. The number of fused-ring (bicyclic) bond motifs is 1. The Morgan fingerprint density at radius 3 is 2.77 bits per heavy atom. The monoisotopic (exact) mass is 404 g/mol. The summed E-state index contributed by atoms with van der Waals surface area (Å²) in [4.78, 5) is 20.3. The fourth-order valence-corrected chi connectivity index (χ4v) is 3.17. The second kappa shape index (κ2) is 7.80. The number of carbonyl (C=O) groups is 1. The van der Waals surface area contributed by atoms with E-state index < -0.39 is 12.0 Å². The van der Waals surface area contributed by atoms with Gasteiger partial charge in [-0.3, -0.25) is 4.79 Å². The van der Waals surface area contributed by atoms with Crippen molar-refractivity contribution >= 4 is 22.6 Å². The Bertz CT molecular complexity index is 1220. The van der Waals surface area contributed by atoms with Gasteiger partial charge in [0.15, 0.2) is 11.6 Å². The van der Waals surface area contributed by atoms with Crippen LogP contribution in [0.2, 0.25) is 0 Å². The molecule has 0 spiro atoms. The van der Waals surface area contributed by atoms with Crippen LogP contribution in [-0.2, 0) is 6.61 Å². The van der Waals surface area contributed by atoms with Gasteiger partial charge in [-0.1, -0.05) is 0 Å². The number of hydrogen-bond acceptors (Lipinski definition) is 7. The Kier molecular flexibility index (Phi) is 5.03. The van der Waals surface area contributed by atoms with E-state index in [1.54, 1.807) is 53.5 Å². The number of aliphatic hydroxyl groups excluding tert-OH is 1. The molecule has 0 unspecified atom stereocenters. The summed E-state index contributed by atoms with van der Waals surface area (Å²) in [5.74, 6) is 0.0257. The lowest BCUT2D eigenvalue weighted by Crippen LogP contribution is -2.13. The van der Waals surface area contributed by atoms with Crippen molar-refractivity contribution in [1.29, 1.82) is 0 Å². The van der Waals surface area contributed by atoms with Crippen molar-refractivity contribution in [1.82, 2.24) is 19.7 Å². The molecule has 5 N–H and O–H groups in total. The van der Waals surface area contributed by atoms with Crippen LogP contribution in [0.4, 0.5) is 5.82 Å². The van der Waals surface area contributed by atoms with Crippen molar-refractivity contribution in [3.8, 4) is 11.4 Å². The van der Waals surface area contributed by atoms with E-state index in [1.807, 2.05) is 13.0 Å². The number of primary amides is 1. The summed E-state index contributed by atoms with van der Waals surface area (Å²) in [6.07, 6.45) is 2.93. The molecule has 0 aliphatic heterocycles. The molecule has 0 aliphatic carbocycles. The van der Waals surface area contributed by atoms with Crippen LogP contribution in [0.25, 0.3) is 16.6 Å². The van der Waals surface area contributed by atoms with Gasteiger partial charge in [0.05, 0.1) is 23.5 Å². The highest BCUT2D eigenvalue weighted by Gasteiger charge is 2.19. The topological polar surface area (TPSA) is 142 Å². The smallest absolute Gasteiger partial charge is 0.248 e. The molecule has 1 atom stereocenters.